The van der Waals surface area contributed by atoms with Crippen molar-refractivity contribution < 1.29 is 14.3 Å². The quantitative estimate of drug-likeness (QED) is 0.670. The second-order valence-corrected chi connectivity index (χ2v) is 4.57. The number of carbonyl (C=O) groups excluding carboxylic acids is 2. The predicted octanol–water partition coefficient (Wildman–Crippen LogP) is 1.73. The molecular formula is C13H14ClNO3. The molecule has 4 nitrogen and oxygen atoms in total. The standard InChI is InChI=1S/C13H14ClNO3/c1-2-18-13(17)11-10(7-15-12(11)16)8-3-5-9(14)6-4-8/h3-6,10-11H,2,7H2,1H3,(H,15,16)/t10?,11-/m1/s1. The number of hydrogen-bond acceptors (Lipinski definition) is 3. The van der Waals surface area contributed by atoms with Gasteiger partial charge in [-0.1, -0.05) is 23.7 Å². The molecule has 0 bridgehead atoms. The largest absolute Gasteiger partial charge is 0.465 e. The lowest BCUT2D eigenvalue weighted by Crippen LogP contribution is -2.28. The summed E-state index contributed by atoms with van der Waals surface area (Å²) < 4.78 is 4.95. The summed E-state index contributed by atoms with van der Waals surface area (Å²) in [7, 11) is 0. The zero-order valence-corrected chi connectivity index (χ0v) is 10.7. The molecule has 1 unspecified atom stereocenters. The Balaban J connectivity index is 2.23. The number of esters is 1. The van der Waals surface area contributed by atoms with E-state index in [0.717, 1.165) is 5.56 Å². The molecule has 1 N–H and O–H groups in total. The zero-order valence-electron chi connectivity index (χ0n) is 9.98. The molecule has 96 valence electrons. The first kappa shape index (κ1) is 12.9. The Morgan fingerprint density at radius 2 is 2.11 bits per heavy atom. The maximum absolute atomic E-state index is 11.8. The number of halogens is 1. The van der Waals surface area contributed by atoms with Crippen molar-refractivity contribution in [1.29, 1.82) is 0 Å². The van der Waals surface area contributed by atoms with Crippen molar-refractivity contribution in [2.75, 3.05) is 13.2 Å². The second-order valence-electron chi connectivity index (χ2n) is 4.13. The van der Waals surface area contributed by atoms with Gasteiger partial charge in [0.25, 0.3) is 0 Å². The van der Waals surface area contributed by atoms with Crippen LogP contribution in [-0.4, -0.2) is 25.0 Å². The van der Waals surface area contributed by atoms with Crippen LogP contribution in [0.2, 0.25) is 5.02 Å². The molecule has 5 heteroatoms. The number of benzene rings is 1. The van der Waals surface area contributed by atoms with Crippen LogP contribution < -0.4 is 5.32 Å². The van der Waals surface area contributed by atoms with Crippen LogP contribution in [0.5, 0.6) is 0 Å². The van der Waals surface area contributed by atoms with Crippen LogP contribution in [0.3, 0.4) is 0 Å². The molecule has 1 fully saturated rings. The third kappa shape index (κ3) is 2.48. The number of rotatable bonds is 3. The zero-order chi connectivity index (χ0) is 13.1. The maximum atomic E-state index is 11.8. The van der Waals surface area contributed by atoms with Crippen LogP contribution >= 0.6 is 11.6 Å². The van der Waals surface area contributed by atoms with Gasteiger partial charge in [-0.15, -0.1) is 0 Å². The van der Waals surface area contributed by atoms with Gasteiger partial charge in [-0.25, -0.2) is 0 Å². The topological polar surface area (TPSA) is 55.4 Å². The minimum Gasteiger partial charge on any atom is -0.465 e. The summed E-state index contributed by atoms with van der Waals surface area (Å²) >= 11 is 5.82. The summed E-state index contributed by atoms with van der Waals surface area (Å²) in [5.41, 5.74) is 0.913. The van der Waals surface area contributed by atoms with E-state index in [1.165, 1.54) is 0 Å². The van der Waals surface area contributed by atoms with Crippen LogP contribution in [0.15, 0.2) is 24.3 Å². The van der Waals surface area contributed by atoms with Crippen molar-refractivity contribution in [2.24, 2.45) is 5.92 Å². The highest BCUT2D eigenvalue weighted by Crippen LogP contribution is 2.30. The molecule has 0 radical (unpaired) electrons. The molecule has 1 aliphatic heterocycles. The van der Waals surface area contributed by atoms with E-state index < -0.39 is 11.9 Å². The van der Waals surface area contributed by atoms with Gasteiger partial charge in [-0.05, 0) is 24.6 Å². The molecule has 1 saturated heterocycles. The van der Waals surface area contributed by atoms with Gasteiger partial charge in [0.1, 0.15) is 5.92 Å². The lowest BCUT2D eigenvalue weighted by Gasteiger charge is -2.15. The second kappa shape index (κ2) is 5.40. The summed E-state index contributed by atoms with van der Waals surface area (Å²) in [6.45, 7) is 2.45. The van der Waals surface area contributed by atoms with E-state index in [1.807, 2.05) is 12.1 Å². The Bertz CT molecular complexity index is 458. The molecule has 1 amide bonds. The number of carbonyl (C=O) groups is 2. The van der Waals surface area contributed by atoms with E-state index in [0.29, 0.717) is 11.6 Å². The Hall–Kier alpha value is -1.55. The minimum absolute atomic E-state index is 0.186. The Labute approximate surface area is 110 Å². The van der Waals surface area contributed by atoms with Crippen LogP contribution in [0, 0.1) is 5.92 Å². The maximum Gasteiger partial charge on any atom is 0.319 e. The molecule has 0 saturated carbocycles. The lowest BCUT2D eigenvalue weighted by molar-refractivity contribution is -0.151. The highest BCUT2D eigenvalue weighted by Gasteiger charge is 2.41. The van der Waals surface area contributed by atoms with E-state index in [-0.39, 0.29) is 18.4 Å². The van der Waals surface area contributed by atoms with Crippen molar-refractivity contribution in [3.8, 4) is 0 Å². The molecule has 1 aromatic rings. The van der Waals surface area contributed by atoms with Crippen molar-refractivity contribution in [3.63, 3.8) is 0 Å². The molecular weight excluding hydrogens is 254 g/mol. The smallest absolute Gasteiger partial charge is 0.319 e. The summed E-state index contributed by atoms with van der Waals surface area (Å²) in [5.74, 6) is -1.68. The molecule has 0 aliphatic carbocycles. The third-order valence-corrected chi connectivity index (χ3v) is 3.27. The molecule has 2 rings (SSSR count). The van der Waals surface area contributed by atoms with E-state index in [4.69, 9.17) is 16.3 Å². The Morgan fingerprint density at radius 3 is 2.72 bits per heavy atom. The van der Waals surface area contributed by atoms with Crippen molar-refractivity contribution in [2.45, 2.75) is 12.8 Å². The summed E-state index contributed by atoms with van der Waals surface area (Å²) in [5, 5.41) is 3.33. The number of ether oxygens (including phenoxy) is 1. The molecule has 1 heterocycles. The lowest BCUT2D eigenvalue weighted by atomic mass is 9.88. The van der Waals surface area contributed by atoms with Gasteiger partial charge >= 0.3 is 5.97 Å². The molecule has 0 aromatic heterocycles. The molecule has 0 spiro atoms. The van der Waals surface area contributed by atoms with Gasteiger partial charge in [0.15, 0.2) is 0 Å². The van der Waals surface area contributed by atoms with Crippen molar-refractivity contribution >= 4 is 23.5 Å². The van der Waals surface area contributed by atoms with Gasteiger partial charge in [0.2, 0.25) is 5.91 Å². The fourth-order valence-corrected chi connectivity index (χ4v) is 2.27. The highest BCUT2D eigenvalue weighted by atomic mass is 35.5. The average Bonchev–Trinajstić information content (AvgIpc) is 2.72. The van der Waals surface area contributed by atoms with E-state index >= 15 is 0 Å². The molecule has 1 aliphatic rings. The summed E-state index contributed by atoms with van der Waals surface area (Å²) in [6, 6.07) is 7.17. The molecule has 2 atom stereocenters. The van der Waals surface area contributed by atoms with E-state index in [1.54, 1.807) is 19.1 Å². The van der Waals surface area contributed by atoms with Crippen molar-refractivity contribution in [1.82, 2.24) is 5.32 Å². The summed E-state index contributed by atoms with van der Waals surface area (Å²) in [4.78, 5) is 23.5. The van der Waals surface area contributed by atoms with Gasteiger partial charge < -0.3 is 10.1 Å². The number of nitrogens with one attached hydrogen (secondary N) is 1. The minimum atomic E-state index is -0.758. The van der Waals surface area contributed by atoms with Crippen LogP contribution in [-0.2, 0) is 14.3 Å². The fourth-order valence-electron chi connectivity index (χ4n) is 2.14. The number of amides is 1. The Morgan fingerprint density at radius 1 is 1.44 bits per heavy atom. The van der Waals surface area contributed by atoms with Gasteiger partial charge in [0.05, 0.1) is 6.61 Å². The molecule has 1 aromatic carbocycles. The van der Waals surface area contributed by atoms with Gasteiger partial charge in [-0.2, -0.15) is 0 Å². The van der Waals surface area contributed by atoms with Gasteiger partial charge in [0, 0.05) is 17.5 Å². The van der Waals surface area contributed by atoms with E-state index in [9.17, 15) is 9.59 Å². The van der Waals surface area contributed by atoms with Gasteiger partial charge in [-0.3, -0.25) is 9.59 Å². The van der Waals surface area contributed by atoms with Crippen LogP contribution in [0.4, 0.5) is 0 Å². The highest BCUT2D eigenvalue weighted by molar-refractivity contribution is 6.30. The SMILES string of the molecule is CCOC(=O)[C@H]1C(=O)NCC1c1ccc(Cl)cc1. The van der Waals surface area contributed by atoms with Crippen LogP contribution in [0.1, 0.15) is 18.4 Å². The monoisotopic (exact) mass is 267 g/mol. The third-order valence-electron chi connectivity index (χ3n) is 3.02. The molecule has 18 heavy (non-hydrogen) atoms. The fraction of sp³-hybridized carbons (Fsp3) is 0.385. The van der Waals surface area contributed by atoms with Crippen molar-refractivity contribution in [3.05, 3.63) is 34.9 Å². The number of hydrogen-bond donors (Lipinski definition) is 1. The normalized spacial score (nSPS) is 22.7. The Kier molecular flexibility index (Phi) is 3.87. The average molecular weight is 268 g/mol. The first-order chi connectivity index (χ1) is 8.63. The first-order valence-electron chi connectivity index (χ1n) is 5.83. The van der Waals surface area contributed by atoms with E-state index in [2.05, 4.69) is 5.32 Å². The summed E-state index contributed by atoms with van der Waals surface area (Å²) in [6.07, 6.45) is 0. The predicted molar refractivity (Wildman–Crippen MR) is 67.3 cm³/mol. The van der Waals surface area contributed by atoms with Crippen LogP contribution in [0.25, 0.3) is 0 Å². The first-order valence-corrected chi connectivity index (χ1v) is 6.21.